The summed E-state index contributed by atoms with van der Waals surface area (Å²) in [6.07, 6.45) is 5.74. The van der Waals surface area contributed by atoms with Gasteiger partial charge in [-0.2, -0.15) is 0 Å². The van der Waals surface area contributed by atoms with Crippen LogP contribution in [0.15, 0.2) is 23.4 Å². The minimum atomic E-state index is -3.21. The molecule has 1 aromatic heterocycles. The monoisotopic (exact) mass is 255 g/mol. The maximum absolute atomic E-state index is 11.2. The van der Waals surface area contributed by atoms with Gasteiger partial charge in [-0.1, -0.05) is 0 Å². The van der Waals surface area contributed by atoms with Crippen molar-refractivity contribution in [2.24, 2.45) is 5.73 Å². The van der Waals surface area contributed by atoms with Crippen LogP contribution in [0.2, 0.25) is 0 Å². The van der Waals surface area contributed by atoms with Gasteiger partial charge in [0.2, 0.25) is 0 Å². The summed E-state index contributed by atoms with van der Waals surface area (Å²) in [6, 6.07) is 3.91. The Morgan fingerprint density at radius 1 is 1.41 bits per heavy atom. The molecule has 1 aromatic rings. The first-order chi connectivity index (χ1) is 7.95. The summed E-state index contributed by atoms with van der Waals surface area (Å²) in [6.45, 7) is 0. The van der Waals surface area contributed by atoms with E-state index in [1.54, 1.807) is 12.3 Å². The van der Waals surface area contributed by atoms with Gasteiger partial charge in [0.1, 0.15) is 0 Å². The van der Waals surface area contributed by atoms with Crippen LogP contribution in [0.25, 0.3) is 0 Å². The lowest BCUT2D eigenvalue weighted by Gasteiger charge is -2.13. The first-order valence-electron chi connectivity index (χ1n) is 5.63. The van der Waals surface area contributed by atoms with E-state index in [1.807, 2.05) is 0 Å². The van der Waals surface area contributed by atoms with Gasteiger partial charge in [-0.05, 0) is 31.4 Å². The quantitative estimate of drug-likeness (QED) is 0.833. The summed E-state index contributed by atoms with van der Waals surface area (Å²) in [5.41, 5.74) is 6.67. The van der Waals surface area contributed by atoms with Gasteiger partial charge in [0.05, 0.1) is 11.9 Å². The molecule has 0 aliphatic heterocycles. The van der Waals surface area contributed by atoms with Crippen LogP contribution in [0.1, 0.15) is 19.3 Å². The molecule has 2 atom stereocenters. The van der Waals surface area contributed by atoms with Crippen molar-refractivity contribution >= 4 is 15.5 Å². The van der Waals surface area contributed by atoms with Gasteiger partial charge in [0.25, 0.3) is 0 Å². The number of pyridine rings is 1. The van der Waals surface area contributed by atoms with Crippen molar-refractivity contribution in [3.63, 3.8) is 0 Å². The Morgan fingerprint density at radius 3 is 2.65 bits per heavy atom. The molecule has 0 aromatic carbocycles. The molecular formula is C11H17N3O2S. The summed E-state index contributed by atoms with van der Waals surface area (Å²) in [4.78, 5) is 3.93. The predicted molar refractivity (Wildman–Crippen MR) is 66.6 cm³/mol. The van der Waals surface area contributed by atoms with Crippen molar-refractivity contribution in [2.75, 3.05) is 11.6 Å². The summed E-state index contributed by atoms with van der Waals surface area (Å²) >= 11 is 0. The van der Waals surface area contributed by atoms with Gasteiger partial charge in [-0.15, -0.1) is 0 Å². The van der Waals surface area contributed by atoms with Gasteiger partial charge in [-0.3, -0.25) is 0 Å². The van der Waals surface area contributed by atoms with Crippen molar-refractivity contribution in [1.82, 2.24) is 4.98 Å². The minimum Gasteiger partial charge on any atom is -0.381 e. The zero-order chi connectivity index (χ0) is 12.5. The van der Waals surface area contributed by atoms with E-state index in [2.05, 4.69) is 10.3 Å². The maximum atomic E-state index is 11.2. The Morgan fingerprint density at radius 2 is 2.18 bits per heavy atom. The molecule has 1 saturated carbocycles. The molecule has 1 fully saturated rings. The van der Waals surface area contributed by atoms with Gasteiger partial charge >= 0.3 is 0 Å². The lowest BCUT2D eigenvalue weighted by molar-refractivity contribution is 0.598. The largest absolute Gasteiger partial charge is 0.381 e. The Bertz CT molecular complexity index is 484. The van der Waals surface area contributed by atoms with Crippen LogP contribution in [0.5, 0.6) is 0 Å². The molecule has 0 spiro atoms. The fraction of sp³-hybridized carbons (Fsp3) is 0.545. The number of aromatic nitrogens is 1. The number of nitrogens with one attached hydrogen (secondary N) is 1. The van der Waals surface area contributed by atoms with Crippen LogP contribution < -0.4 is 11.1 Å². The zero-order valence-electron chi connectivity index (χ0n) is 9.76. The minimum absolute atomic E-state index is 0.103. The topological polar surface area (TPSA) is 85.1 Å². The number of anilines is 1. The van der Waals surface area contributed by atoms with Gasteiger partial charge in [0, 0.05) is 18.3 Å². The third kappa shape index (κ3) is 3.17. The van der Waals surface area contributed by atoms with E-state index >= 15 is 0 Å². The van der Waals surface area contributed by atoms with Crippen molar-refractivity contribution in [2.45, 2.75) is 36.4 Å². The van der Waals surface area contributed by atoms with Crippen LogP contribution in [-0.2, 0) is 9.84 Å². The van der Waals surface area contributed by atoms with Crippen molar-refractivity contribution in [3.8, 4) is 0 Å². The number of nitrogens with two attached hydrogens (primary N) is 1. The lowest BCUT2D eigenvalue weighted by atomic mass is 10.2. The molecule has 0 bridgehead atoms. The molecule has 2 rings (SSSR count). The van der Waals surface area contributed by atoms with Crippen LogP contribution >= 0.6 is 0 Å². The fourth-order valence-corrected chi connectivity index (χ4v) is 2.63. The number of hydrogen-bond donors (Lipinski definition) is 2. The zero-order valence-corrected chi connectivity index (χ0v) is 10.6. The molecule has 17 heavy (non-hydrogen) atoms. The summed E-state index contributed by atoms with van der Waals surface area (Å²) in [5.74, 6) is 0. The first-order valence-corrected chi connectivity index (χ1v) is 7.52. The van der Waals surface area contributed by atoms with Crippen molar-refractivity contribution in [1.29, 1.82) is 0 Å². The smallest absolute Gasteiger partial charge is 0.192 e. The molecule has 3 N–H and O–H groups in total. The summed E-state index contributed by atoms with van der Waals surface area (Å²) in [5, 5.41) is 3.42. The molecule has 1 heterocycles. The average Bonchev–Trinajstić information content (AvgIpc) is 2.63. The van der Waals surface area contributed by atoms with E-state index < -0.39 is 9.84 Å². The molecule has 1 aliphatic carbocycles. The SMILES string of the molecule is CS(=O)(=O)c1ccc(NC2CCC(N)C2)cn1. The maximum Gasteiger partial charge on any atom is 0.192 e. The Balaban J connectivity index is 2.04. The van der Waals surface area contributed by atoms with E-state index in [0.717, 1.165) is 31.2 Å². The second-order valence-corrected chi connectivity index (χ2v) is 6.53. The molecule has 94 valence electrons. The van der Waals surface area contributed by atoms with E-state index in [1.165, 1.54) is 6.07 Å². The Kier molecular flexibility index (Phi) is 3.35. The van der Waals surface area contributed by atoms with Gasteiger partial charge < -0.3 is 11.1 Å². The first kappa shape index (κ1) is 12.3. The highest BCUT2D eigenvalue weighted by molar-refractivity contribution is 7.90. The van der Waals surface area contributed by atoms with E-state index in [9.17, 15) is 8.42 Å². The molecule has 0 saturated heterocycles. The lowest BCUT2D eigenvalue weighted by Crippen LogP contribution is -2.20. The molecule has 5 nitrogen and oxygen atoms in total. The Hall–Kier alpha value is -1.14. The second kappa shape index (κ2) is 4.62. The van der Waals surface area contributed by atoms with Gasteiger partial charge in [0.15, 0.2) is 14.9 Å². The van der Waals surface area contributed by atoms with Crippen LogP contribution in [0.4, 0.5) is 5.69 Å². The van der Waals surface area contributed by atoms with E-state index in [0.29, 0.717) is 6.04 Å². The third-order valence-corrected chi connectivity index (χ3v) is 3.96. The standard InChI is InChI=1S/C11H17N3O2S/c1-17(15,16)11-5-4-10(7-13-11)14-9-3-2-8(12)6-9/h4-5,7-9,14H,2-3,6,12H2,1H3. The fourth-order valence-electron chi connectivity index (χ4n) is 2.07. The molecule has 0 radical (unpaired) electrons. The highest BCUT2D eigenvalue weighted by Gasteiger charge is 2.21. The second-order valence-electron chi connectivity index (χ2n) is 4.57. The van der Waals surface area contributed by atoms with Crippen LogP contribution in [0, 0.1) is 0 Å². The Labute approximate surface area is 101 Å². The van der Waals surface area contributed by atoms with Crippen molar-refractivity contribution < 1.29 is 8.42 Å². The number of rotatable bonds is 3. The van der Waals surface area contributed by atoms with E-state index in [4.69, 9.17) is 5.73 Å². The molecule has 6 heteroatoms. The van der Waals surface area contributed by atoms with Crippen LogP contribution in [0.3, 0.4) is 0 Å². The number of hydrogen-bond acceptors (Lipinski definition) is 5. The summed E-state index contributed by atoms with van der Waals surface area (Å²) in [7, 11) is -3.21. The number of nitrogens with zero attached hydrogens (tertiary/aromatic N) is 1. The third-order valence-electron chi connectivity index (χ3n) is 2.96. The highest BCUT2D eigenvalue weighted by atomic mass is 32.2. The molecular weight excluding hydrogens is 238 g/mol. The molecule has 2 unspecified atom stereocenters. The highest BCUT2D eigenvalue weighted by Crippen LogP contribution is 2.21. The summed E-state index contributed by atoms with van der Waals surface area (Å²) < 4.78 is 22.5. The molecule has 1 aliphatic rings. The van der Waals surface area contributed by atoms with Gasteiger partial charge in [-0.25, -0.2) is 13.4 Å². The predicted octanol–water partition coefficient (Wildman–Crippen LogP) is 0.777. The van der Waals surface area contributed by atoms with E-state index in [-0.39, 0.29) is 11.1 Å². The number of sulfone groups is 1. The van der Waals surface area contributed by atoms with Crippen LogP contribution in [-0.4, -0.2) is 31.7 Å². The normalized spacial score (nSPS) is 24.8. The van der Waals surface area contributed by atoms with Crippen molar-refractivity contribution in [3.05, 3.63) is 18.3 Å². The molecule has 0 amide bonds. The average molecular weight is 255 g/mol.